The molecule has 0 radical (unpaired) electrons. The van der Waals surface area contributed by atoms with Gasteiger partial charge in [-0.3, -0.25) is 28.8 Å². The van der Waals surface area contributed by atoms with Gasteiger partial charge in [0.1, 0.15) is 11.5 Å². The fourth-order valence-corrected chi connectivity index (χ4v) is 11.1. The van der Waals surface area contributed by atoms with E-state index in [2.05, 4.69) is 0 Å². The number of hydrogen-bond acceptors (Lipinski definition) is 9. The normalized spacial score (nSPS) is 25.7. The Labute approximate surface area is 329 Å². The van der Waals surface area contributed by atoms with Crippen LogP contribution in [0, 0.1) is 36.0 Å². The minimum absolute atomic E-state index is 0.0630. The predicted octanol–water partition coefficient (Wildman–Crippen LogP) is 7.11. The summed E-state index contributed by atoms with van der Waals surface area (Å²) in [6.45, 7) is 3.77. The lowest BCUT2D eigenvalue weighted by molar-refractivity contribution is -0.131. The Morgan fingerprint density at radius 1 is 0.982 bits per heavy atom. The van der Waals surface area contributed by atoms with Crippen LogP contribution in [0.5, 0.6) is 11.5 Å². The van der Waals surface area contributed by atoms with Gasteiger partial charge in [0.2, 0.25) is 23.6 Å². The van der Waals surface area contributed by atoms with Gasteiger partial charge in [0.25, 0.3) is 0 Å². The number of anilines is 2. The molecule has 56 heavy (non-hydrogen) atoms. The van der Waals surface area contributed by atoms with Crippen molar-refractivity contribution in [2.45, 2.75) is 32.6 Å². The maximum Gasteiger partial charge on any atom is 0.335 e. The smallest absolute Gasteiger partial charge is 0.335 e. The lowest BCUT2D eigenvalue weighted by atomic mass is 9.51. The Morgan fingerprint density at radius 2 is 1.77 bits per heavy atom. The molecule has 4 aliphatic rings. The van der Waals surface area contributed by atoms with Crippen LogP contribution in [-0.2, 0) is 26.2 Å². The molecule has 2 aromatic heterocycles. The SMILES string of the molecule is COc1cc([C@H]2C3=CC[C@@H]4C(=O)N(c5cccc(C(=O)O)c5)C(=O)[C@@H]4[C@@H]3C[C@H]3C(=O)N(c4cc(-c5sc6ccc(Cl)cc6c5C)nn4C)C(=O)[C@@]23C)ccc1O. The number of rotatable bonds is 6. The number of aromatic hydroxyl groups is 1. The van der Waals surface area contributed by atoms with Crippen LogP contribution in [0.1, 0.15) is 47.2 Å². The first-order valence-corrected chi connectivity index (χ1v) is 19.3. The first-order chi connectivity index (χ1) is 26.7. The lowest BCUT2D eigenvalue weighted by Crippen LogP contribution is -2.49. The van der Waals surface area contributed by atoms with Crippen molar-refractivity contribution in [3.8, 4) is 22.1 Å². The summed E-state index contributed by atoms with van der Waals surface area (Å²) in [6.07, 6.45) is 2.26. The highest BCUT2D eigenvalue weighted by molar-refractivity contribution is 7.22. The zero-order chi connectivity index (χ0) is 39.5. The number of fused-ring (bicyclic) bond motifs is 5. The number of thiophene rings is 1. The Hall–Kier alpha value is -5.79. The number of amides is 4. The standard InChI is InChI=1S/C42H35ClN4O8S/c1-19-26-16-22(43)9-13-32(26)56-36(19)29-18-33(45(3)44-29)47-38(50)28-17-27-24(35(42(28,2)41(47)54)20-8-12-30(48)31(15-20)55-4)10-11-25-34(27)39(51)46(37(25)49)23-7-5-6-21(14-23)40(52)53/h5-10,12-16,18,25,27-28,34-35,48H,11,17H2,1-4H3,(H,52,53)/t25-,27+,28-,34-,35-,42+/m0/s1. The van der Waals surface area contributed by atoms with Crippen molar-refractivity contribution >= 4 is 74.1 Å². The van der Waals surface area contributed by atoms with Gasteiger partial charge >= 0.3 is 5.97 Å². The highest BCUT2D eigenvalue weighted by atomic mass is 35.5. The van der Waals surface area contributed by atoms with Gasteiger partial charge in [-0.25, -0.2) is 9.69 Å². The second-order valence-corrected chi connectivity index (χ2v) is 16.7. The monoisotopic (exact) mass is 790 g/mol. The van der Waals surface area contributed by atoms with Gasteiger partial charge in [0, 0.05) is 28.8 Å². The van der Waals surface area contributed by atoms with E-state index >= 15 is 4.79 Å². The lowest BCUT2D eigenvalue weighted by Gasteiger charge is -2.49. The van der Waals surface area contributed by atoms with Gasteiger partial charge in [-0.1, -0.05) is 35.4 Å². The molecule has 3 aromatic carbocycles. The van der Waals surface area contributed by atoms with Gasteiger partial charge in [-0.2, -0.15) is 5.10 Å². The zero-order valence-electron chi connectivity index (χ0n) is 30.6. The number of carboxylic acids is 1. The first-order valence-electron chi connectivity index (χ1n) is 18.1. The fraction of sp³-hybridized carbons (Fsp3) is 0.286. The summed E-state index contributed by atoms with van der Waals surface area (Å²) in [6, 6.07) is 18.0. The van der Waals surface area contributed by atoms with Crippen LogP contribution >= 0.6 is 22.9 Å². The molecule has 2 aliphatic heterocycles. The number of carbonyl (C=O) groups is 5. The number of aromatic carboxylic acids is 1. The van der Waals surface area contributed by atoms with E-state index in [1.165, 1.54) is 47.0 Å². The molecule has 0 spiro atoms. The third-order valence-electron chi connectivity index (χ3n) is 12.4. The Balaban J connectivity index is 1.15. The highest BCUT2D eigenvalue weighted by Crippen LogP contribution is 2.64. The third kappa shape index (κ3) is 4.96. The van der Waals surface area contributed by atoms with Crippen molar-refractivity contribution in [2.75, 3.05) is 16.9 Å². The van der Waals surface area contributed by atoms with E-state index in [4.69, 9.17) is 21.4 Å². The van der Waals surface area contributed by atoms with E-state index in [0.29, 0.717) is 22.1 Å². The number of phenols is 1. The van der Waals surface area contributed by atoms with Crippen LogP contribution in [0.15, 0.2) is 78.4 Å². The maximum absolute atomic E-state index is 15.1. The number of allylic oxidation sites excluding steroid dienone is 2. The summed E-state index contributed by atoms with van der Waals surface area (Å²) in [5, 5.41) is 26.6. The minimum Gasteiger partial charge on any atom is -0.504 e. The molecule has 9 rings (SSSR count). The number of carboxylic acid groups (broad SMARTS) is 1. The van der Waals surface area contributed by atoms with Crippen molar-refractivity contribution in [2.24, 2.45) is 36.1 Å². The summed E-state index contributed by atoms with van der Waals surface area (Å²) in [4.78, 5) is 73.5. The number of imide groups is 2. The van der Waals surface area contributed by atoms with E-state index in [0.717, 1.165) is 31.0 Å². The molecular weight excluding hydrogens is 756 g/mol. The van der Waals surface area contributed by atoms with Crippen molar-refractivity contribution in [3.63, 3.8) is 0 Å². The summed E-state index contributed by atoms with van der Waals surface area (Å²) >= 11 is 7.85. The van der Waals surface area contributed by atoms with E-state index in [9.17, 15) is 29.4 Å². The number of methoxy groups -OCH3 is 1. The minimum atomic E-state index is -1.34. The number of phenolic OH excluding ortho intramolecular Hbond substituents is 1. The number of carbonyl (C=O) groups excluding carboxylic acids is 4. The number of nitrogens with zero attached hydrogens (tertiary/aromatic N) is 4. The Morgan fingerprint density at radius 3 is 2.52 bits per heavy atom. The van der Waals surface area contributed by atoms with Gasteiger partial charge < -0.3 is 14.9 Å². The van der Waals surface area contributed by atoms with E-state index in [1.54, 1.807) is 43.5 Å². The number of hydrogen-bond donors (Lipinski definition) is 2. The Kier molecular flexibility index (Phi) is 8.08. The number of halogens is 1. The topological polar surface area (TPSA) is 159 Å². The molecule has 4 heterocycles. The summed E-state index contributed by atoms with van der Waals surface area (Å²) in [5.74, 6) is -6.44. The highest BCUT2D eigenvalue weighted by Gasteiger charge is 2.68. The molecular formula is C42H35ClN4O8S. The Bertz CT molecular complexity index is 2630. The van der Waals surface area contributed by atoms with Crippen LogP contribution in [0.2, 0.25) is 5.02 Å². The number of aryl methyl sites for hydroxylation is 2. The van der Waals surface area contributed by atoms with Gasteiger partial charge in [0.15, 0.2) is 11.5 Å². The van der Waals surface area contributed by atoms with Crippen molar-refractivity contribution in [1.82, 2.24) is 9.78 Å². The molecule has 284 valence electrons. The predicted molar refractivity (Wildman–Crippen MR) is 209 cm³/mol. The van der Waals surface area contributed by atoms with Crippen molar-refractivity contribution in [3.05, 3.63) is 100 Å². The van der Waals surface area contributed by atoms with Gasteiger partial charge in [0.05, 0.1) is 46.4 Å². The molecule has 1 saturated carbocycles. The molecule has 4 amide bonds. The van der Waals surface area contributed by atoms with Gasteiger partial charge in [-0.15, -0.1) is 11.3 Å². The van der Waals surface area contributed by atoms with Crippen LogP contribution in [-0.4, -0.2) is 56.7 Å². The quantitative estimate of drug-likeness (QED) is 0.135. The molecule has 0 unspecified atom stereocenters. The van der Waals surface area contributed by atoms with Crippen molar-refractivity contribution < 1.29 is 38.9 Å². The summed E-state index contributed by atoms with van der Waals surface area (Å²) in [7, 11) is 3.11. The van der Waals surface area contributed by atoms with E-state index in [-0.39, 0.29) is 35.6 Å². The molecule has 6 atom stereocenters. The second-order valence-electron chi connectivity index (χ2n) is 15.2. The molecule has 2 aliphatic carbocycles. The third-order valence-corrected chi connectivity index (χ3v) is 13.9. The molecule has 14 heteroatoms. The number of benzene rings is 3. The average molecular weight is 791 g/mol. The second kappa shape index (κ2) is 12.6. The number of ether oxygens (including phenoxy) is 1. The fourth-order valence-electron chi connectivity index (χ4n) is 9.74. The molecule has 0 bridgehead atoms. The van der Waals surface area contributed by atoms with E-state index in [1.807, 2.05) is 31.2 Å². The summed E-state index contributed by atoms with van der Waals surface area (Å²) in [5.41, 5.74) is 1.70. The van der Waals surface area contributed by atoms with Crippen molar-refractivity contribution in [1.29, 1.82) is 0 Å². The molecule has 5 aromatic rings. The molecule has 3 fully saturated rings. The largest absolute Gasteiger partial charge is 0.504 e. The van der Waals surface area contributed by atoms with Gasteiger partial charge in [-0.05, 0) is 97.7 Å². The van der Waals surface area contributed by atoms with Crippen LogP contribution in [0.4, 0.5) is 11.5 Å². The zero-order valence-corrected chi connectivity index (χ0v) is 32.2. The van der Waals surface area contributed by atoms with Crippen LogP contribution < -0.4 is 14.5 Å². The van der Waals surface area contributed by atoms with Crippen LogP contribution in [0.25, 0.3) is 20.7 Å². The molecule has 2 saturated heterocycles. The van der Waals surface area contributed by atoms with Crippen LogP contribution in [0.3, 0.4) is 0 Å². The molecule has 2 N–H and O–H groups in total. The average Bonchev–Trinajstić information content (AvgIpc) is 3.85. The number of aromatic nitrogens is 2. The van der Waals surface area contributed by atoms with E-state index < -0.39 is 64.6 Å². The first kappa shape index (κ1) is 35.9. The summed E-state index contributed by atoms with van der Waals surface area (Å²) < 4.78 is 8.04. The maximum atomic E-state index is 15.1. The molecule has 12 nitrogen and oxygen atoms in total.